The van der Waals surface area contributed by atoms with Gasteiger partial charge in [-0.3, -0.25) is 5.10 Å². The fourth-order valence-corrected chi connectivity index (χ4v) is 3.73. The molecule has 0 amide bonds. The van der Waals surface area contributed by atoms with Crippen LogP contribution in [0, 0.1) is 10.6 Å². The maximum absolute atomic E-state index is 13.2. The molecule has 0 spiro atoms. The fourth-order valence-electron chi connectivity index (χ4n) is 2.83. The largest absolute Gasteiger partial charge is 0.493 e. The Bertz CT molecular complexity index is 1090. The van der Waals surface area contributed by atoms with Gasteiger partial charge in [-0.05, 0) is 48.5 Å². The molecule has 0 aliphatic carbocycles. The van der Waals surface area contributed by atoms with Crippen molar-refractivity contribution in [3.05, 3.63) is 67.4 Å². The van der Waals surface area contributed by atoms with Crippen LogP contribution in [0.15, 0.2) is 34.8 Å². The molecule has 0 bridgehead atoms. The first-order chi connectivity index (χ1) is 14.4. The Hall–Kier alpha value is -2.10. The lowest BCUT2D eigenvalue weighted by Crippen LogP contribution is -2.18. The molecule has 10 heteroatoms. The minimum absolute atomic E-state index is 0.185. The molecule has 160 valence electrons. The molecule has 30 heavy (non-hydrogen) atoms. The molecule has 0 fully saturated rings. The number of nitrogens with zero attached hydrogens (tertiary/aromatic N) is 2. The van der Waals surface area contributed by atoms with Gasteiger partial charge in [-0.2, -0.15) is 5.10 Å². The molecule has 0 saturated carbocycles. The molecule has 0 aliphatic rings. The Balaban J connectivity index is 1.75. The number of nitrogens with one attached hydrogen (secondary N) is 2. The van der Waals surface area contributed by atoms with Crippen molar-refractivity contribution in [3.63, 3.8) is 0 Å². The summed E-state index contributed by atoms with van der Waals surface area (Å²) < 4.78 is 27.7. The second-order valence-corrected chi connectivity index (χ2v) is 8.13. The van der Waals surface area contributed by atoms with Crippen LogP contribution in [-0.4, -0.2) is 22.0 Å². The van der Waals surface area contributed by atoms with E-state index in [0.717, 1.165) is 28.7 Å². The molecule has 2 N–H and O–H groups in total. The molecular weight excluding hydrogens is 495 g/mol. The lowest BCUT2D eigenvalue weighted by molar-refractivity contribution is 0.284. The van der Waals surface area contributed by atoms with Crippen LogP contribution in [0.25, 0.3) is 0 Å². The van der Waals surface area contributed by atoms with Crippen LogP contribution >= 0.6 is 39.7 Å². The third-order valence-electron chi connectivity index (χ3n) is 4.37. The number of hydrogen-bond acceptors (Lipinski definition) is 5. The molecule has 0 aliphatic heterocycles. The van der Waals surface area contributed by atoms with Crippen LogP contribution in [-0.2, 0) is 19.6 Å². The second kappa shape index (κ2) is 10.3. The van der Waals surface area contributed by atoms with E-state index in [1.165, 1.54) is 12.1 Å². The first-order valence-electron chi connectivity index (χ1n) is 9.26. The number of ether oxygens (including phenoxy) is 2. The van der Waals surface area contributed by atoms with Crippen LogP contribution in [0.2, 0.25) is 5.02 Å². The lowest BCUT2D eigenvalue weighted by Gasteiger charge is -2.16. The third-order valence-corrected chi connectivity index (χ3v) is 5.74. The highest BCUT2D eigenvalue weighted by Gasteiger charge is 2.13. The zero-order valence-electron chi connectivity index (χ0n) is 16.5. The molecule has 0 atom stereocenters. The number of benzene rings is 2. The van der Waals surface area contributed by atoms with Crippen molar-refractivity contribution < 1.29 is 13.9 Å². The van der Waals surface area contributed by atoms with Gasteiger partial charge in [-0.25, -0.2) is 9.07 Å². The highest BCUT2D eigenvalue weighted by atomic mass is 79.9. The van der Waals surface area contributed by atoms with E-state index >= 15 is 0 Å². The lowest BCUT2D eigenvalue weighted by atomic mass is 10.2. The van der Waals surface area contributed by atoms with E-state index in [-0.39, 0.29) is 12.4 Å². The van der Waals surface area contributed by atoms with Crippen LogP contribution in [0.1, 0.15) is 30.3 Å². The molecule has 3 rings (SSSR count). The van der Waals surface area contributed by atoms with E-state index in [9.17, 15) is 4.39 Å². The number of aromatic nitrogens is 3. The number of aromatic amines is 1. The molecule has 1 heterocycles. The summed E-state index contributed by atoms with van der Waals surface area (Å²) in [5.41, 5.74) is 4.91. The molecule has 0 radical (unpaired) electrons. The highest BCUT2D eigenvalue weighted by molar-refractivity contribution is 9.10. The maximum atomic E-state index is 13.2. The minimum Gasteiger partial charge on any atom is -0.493 e. The summed E-state index contributed by atoms with van der Waals surface area (Å²) in [5.74, 6) is 1.57. The third kappa shape index (κ3) is 5.33. The van der Waals surface area contributed by atoms with Gasteiger partial charge >= 0.3 is 0 Å². The number of aryl methyl sites for hydroxylation is 1. The first kappa shape index (κ1) is 22.6. The summed E-state index contributed by atoms with van der Waals surface area (Å²) >= 11 is 15.0. The summed E-state index contributed by atoms with van der Waals surface area (Å²) in [6, 6.07) is 7.91. The number of H-pyrrole nitrogens is 1. The summed E-state index contributed by atoms with van der Waals surface area (Å²) in [6.45, 7) is 2.76. The predicted octanol–water partition coefficient (Wildman–Crippen LogP) is 5.78. The molecule has 2 aromatic carbocycles. The van der Waals surface area contributed by atoms with Crippen molar-refractivity contribution in [2.45, 2.75) is 32.9 Å². The fraction of sp³-hybridized carbons (Fsp3) is 0.300. The topological polar surface area (TPSA) is 64.1 Å². The van der Waals surface area contributed by atoms with Crippen molar-refractivity contribution in [2.24, 2.45) is 0 Å². The van der Waals surface area contributed by atoms with Crippen LogP contribution in [0.5, 0.6) is 11.5 Å². The number of rotatable bonds is 9. The molecular formula is C20H21BrClFN4O2S. The minimum atomic E-state index is -0.388. The van der Waals surface area contributed by atoms with E-state index in [2.05, 4.69) is 38.5 Å². The summed E-state index contributed by atoms with van der Waals surface area (Å²) in [6.07, 6.45) is 1.77. The second-order valence-electron chi connectivity index (χ2n) is 6.48. The quantitative estimate of drug-likeness (QED) is 0.354. The first-order valence-corrected chi connectivity index (χ1v) is 10.8. The smallest absolute Gasteiger partial charge is 0.214 e. The normalized spacial score (nSPS) is 10.8. The Labute approximate surface area is 192 Å². The monoisotopic (exact) mass is 514 g/mol. The highest BCUT2D eigenvalue weighted by Crippen LogP contribution is 2.34. The van der Waals surface area contributed by atoms with Gasteiger partial charge in [0.25, 0.3) is 0 Å². The van der Waals surface area contributed by atoms with Crippen LogP contribution < -0.4 is 14.9 Å². The molecule has 0 saturated heterocycles. The molecule has 6 nitrogen and oxygen atoms in total. The Morgan fingerprint density at radius 3 is 2.77 bits per heavy atom. The van der Waals surface area contributed by atoms with Gasteiger partial charge in [-0.15, -0.1) is 0 Å². The summed E-state index contributed by atoms with van der Waals surface area (Å²) in [5, 5.41) is 7.37. The Morgan fingerprint density at radius 2 is 2.07 bits per heavy atom. The predicted molar refractivity (Wildman–Crippen MR) is 121 cm³/mol. The number of methoxy groups -OCH3 is 1. The van der Waals surface area contributed by atoms with Gasteiger partial charge in [0.15, 0.2) is 17.3 Å². The zero-order chi connectivity index (χ0) is 21.7. The summed E-state index contributed by atoms with van der Waals surface area (Å²) in [7, 11) is 1.57. The van der Waals surface area contributed by atoms with Gasteiger partial charge in [0, 0.05) is 16.5 Å². The van der Waals surface area contributed by atoms with E-state index in [1.54, 1.807) is 17.9 Å². The Kier molecular flexibility index (Phi) is 7.74. The van der Waals surface area contributed by atoms with Gasteiger partial charge in [0.1, 0.15) is 12.4 Å². The van der Waals surface area contributed by atoms with Crippen molar-refractivity contribution >= 4 is 39.7 Å². The molecule has 0 unspecified atom stereocenters. The van der Waals surface area contributed by atoms with Crippen molar-refractivity contribution in [3.8, 4) is 11.5 Å². The maximum Gasteiger partial charge on any atom is 0.214 e. The molecule has 1 aromatic heterocycles. The summed E-state index contributed by atoms with van der Waals surface area (Å²) in [4.78, 5) is 0. The van der Waals surface area contributed by atoms with E-state index in [0.29, 0.717) is 33.4 Å². The molecule has 3 aromatic rings. The number of halogens is 3. The van der Waals surface area contributed by atoms with Crippen molar-refractivity contribution in [2.75, 3.05) is 12.5 Å². The van der Waals surface area contributed by atoms with E-state index < -0.39 is 0 Å². The zero-order valence-corrected chi connectivity index (χ0v) is 19.6. The van der Waals surface area contributed by atoms with Crippen molar-refractivity contribution in [1.82, 2.24) is 14.9 Å². The van der Waals surface area contributed by atoms with Gasteiger partial charge in [0.2, 0.25) is 4.77 Å². The van der Waals surface area contributed by atoms with Gasteiger partial charge in [0.05, 0.1) is 18.7 Å². The van der Waals surface area contributed by atoms with Crippen molar-refractivity contribution in [1.29, 1.82) is 0 Å². The number of hydrogen-bond donors (Lipinski definition) is 2. The van der Waals surface area contributed by atoms with E-state index in [4.69, 9.17) is 33.3 Å². The van der Waals surface area contributed by atoms with Crippen LogP contribution in [0.4, 0.5) is 4.39 Å². The van der Waals surface area contributed by atoms with Gasteiger partial charge < -0.3 is 14.9 Å². The van der Waals surface area contributed by atoms with Crippen LogP contribution in [0.3, 0.4) is 0 Å². The van der Waals surface area contributed by atoms with E-state index in [1.807, 2.05) is 12.1 Å². The average molecular weight is 516 g/mol. The SMILES string of the molecule is CCCc1n[nH]c(=S)n1NCc1cc(OC)c(OCc2ccc(F)cc2Cl)cc1Br. The Morgan fingerprint density at radius 1 is 1.27 bits per heavy atom. The average Bonchev–Trinajstić information content (AvgIpc) is 3.06. The van der Waals surface area contributed by atoms with Gasteiger partial charge in [-0.1, -0.05) is 40.5 Å². The standard InChI is InChI=1S/C20H21BrClFN4O2S/c1-3-4-19-25-26-20(30)27(19)24-10-13-7-17(28-2)18(9-15(13)21)29-11-12-5-6-14(23)8-16(12)22/h5-9,24H,3-4,10-11H2,1-2H3,(H,26,30).